The van der Waals surface area contributed by atoms with Gasteiger partial charge in [-0.15, -0.1) is 0 Å². The van der Waals surface area contributed by atoms with Crippen LogP contribution in [-0.4, -0.2) is 48.5 Å². The van der Waals surface area contributed by atoms with E-state index in [1.165, 1.54) is 18.6 Å². The monoisotopic (exact) mass is 299 g/mol. The maximum Gasteiger partial charge on any atom is 0.0897 e. The second-order valence-electron chi connectivity index (χ2n) is 6.16. The zero-order valence-electron chi connectivity index (χ0n) is 12.6. The number of hydrogen-bond donors (Lipinski definition) is 2. The highest BCUT2D eigenvalue weighted by atomic mass is 32.2. The van der Waals surface area contributed by atoms with E-state index < -0.39 is 0 Å². The molecule has 1 aliphatic carbocycles. The average molecular weight is 299 g/mol. The Hall–Kier alpha value is -0.0300. The highest BCUT2D eigenvalue weighted by molar-refractivity contribution is 8.00. The molecule has 0 amide bonds. The first-order valence-corrected chi connectivity index (χ1v) is 9.03. The molecule has 4 unspecified atom stereocenters. The third-order valence-corrected chi connectivity index (χ3v) is 5.73. The minimum atomic E-state index is -0.379. The lowest BCUT2D eigenvalue weighted by Crippen LogP contribution is -2.34. The van der Waals surface area contributed by atoms with Gasteiger partial charge < -0.3 is 15.2 Å². The quantitative estimate of drug-likeness (QED) is 0.676. The lowest BCUT2D eigenvalue weighted by molar-refractivity contribution is 0.0129. The van der Waals surface area contributed by atoms with E-state index in [-0.39, 0.29) is 6.10 Å². The molecule has 0 aromatic heterocycles. The molecule has 2 N–H and O–H groups in total. The Morgan fingerprint density at radius 1 is 1.40 bits per heavy atom. The Labute approximate surface area is 127 Å². The van der Waals surface area contributed by atoms with Crippen LogP contribution in [-0.2, 0) is 4.74 Å². The summed E-state index contributed by atoms with van der Waals surface area (Å²) in [5, 5.41) is 14.0. The van der Waals surface area contributed by atoms with E-state index in [1.807, 2.05) is 11.8 Å². The van der Waals surface area contributed by atoms with Crippen molar-refractivity contribution in [3.05, 3.63) is 12.2 Å². The van der Waals surface area contributed by atoms with E-state index >= 15 is 0 Å². The smallest absolute Gasteiger partial charge is 0.0897 e. The number of allylic oxidation sites excluding steroid dienone is 2. The van der Waals surface area contributed by atoms with Crippen LogP contribution >= 0.6 is 11.8 Å². The summed E-state index contributed by atoms with van der Waals surface area (Å²) < 4.78 is 5.70. The standard InChI is InChI=1S/C16H29NO2S/c1-13-5-2-3-6-14(13)11-19-12-15(18)9-17-10-16-7-4-8-20-16/h2-3,13-18H,4-12H2,1H3. The lowest BCUT2D eigenvalue weighted by Gasteiger charge is -2.25. The molecule has 0 bridgehead atoms. The Bertz CT molecular complexity index is 292. The summed E-state index contributed by atoms with van der Waals surface area (Å²) >= 11 is 2.05. The topological polar surface area (TPSA) is 41.5 Å². The highest BCUT2D eigenvalue weighted by Crippen LogP contribution is 2.25. The second-order valence-corrected chi connectivity index (χ2v) is 7.57. The van der Waals surface area contributed by atoms with Crippen LogP contribution in [0.1, 0.15) is 32.6 Å². The predicted molar refractivity (Wildman–Crippen MR) is 86.2 cm³/mol. The van der Waals surface area contributed by atoms with E-state index in [9.17, 15) is 5.11 Å². The lowest BCUT2D eigenvalue weighted by atomic mass is 9.85. The van der Waals surface area contributed by atoms with Crippen LogP contribution in [0.15, 0.2) is 12.2 Å². The normalized spacial score (nSPS) is 31.6. The van der Waals surface area contributed by atoms with Gasteiger partial charge in [-0.25, -0.2) is 0 Å². The number of aliphatic hydroxyl groups excluding tert-OH is 1. The number of nitrogens with one attached hydrogen (secondary N) is 1. The van der Waals surface area contributed by atoms with Crippen LogP contribution in [0.5, 0.6) is 0 Å². The van der Waals surface area contributed by atoms with Gasteiger partial charge in [-0.1, -0.05) is 19.1 Å². The Balaban J connectivity index is 1.49. The fraction of sp³-hybridized carbons (Fsp3) is 0.875. The van der Waals surface area contributed by atoms with E-state index in [1.54, 1.807) is 0 Å². The van der Waals surface area contributed by atoms with Crippen molar-refractivity contribution in [1.29, 1.82) is 0 Å². The number of aliphatic hydroxyl groups is 1. The van der Waals surface area contributed by atoms with Gasteiger partial charge in [-0.3, -0.25) is 0 Å². The molecule has 116 valence electrons. The van der Waals surface area contributed by atoms with Crippen molar-refractivity contribution in [1.82, 2.24) is 5.32 Å². The van der Waals surface area contributed by atoms with Crippen molar-refractivity contribution in [2.75, 3.05) is 32.1 Å². The summed E-state index contributed by atoms with van der Waals surface area (Å²) in [7, 11) is 0. The van der Waals surface area contributed by atoms with Gasteiger partial charge in [0.25, 0.3) is 0 Å². The van der Waals surface area contributed by atoms with Crippen LogP contribution < -0.4 is 5.32 Å². The molecule has 20 heavy (non-hydrogen) atoms. The fourth-order valence-electron chi connectivity index (χ4n) is 2.87. The molecule has 0 aromatic carbocycles. The molecule has 0 radical (unpaired) electrons. The minimum absolute atomic E-state index is 0.379. The van der Waals surface area contributed by atoms with Crippen molar-refractivity contribution in [2.45, 2.75) is 44.0 Å². The molecule has 0 aromatic rings. The predicted octanol–water partition coefficient (Wildman–Crippen LogP) is 2.45. The summed E-state index contributed by atoms with van der Waals surface area (Å²) in [5.41, 5.74) is 0. The highest BCUT2D eigenvalue weighted by Gasteiger charge is 2.19. The average Bonchev–Trinajstić information content (AvgIpc) is 2.94. The summed E-state index contributed by atoms with van der Waals surface area (Å²) in [5.74, 6) is 2.62. The fourth-order valence-corrected chi connectivity index (χ4v) is 4.11. The maximum atomic E-state index is 9.91. The van der Waals surface area contributed by atoms with Gasteiger partial charge in [0, 0.05) is 18.3 Å². The molecule has 1 saturated heterocycles. The molecule has 1 heterocycles. The molecule has 4 heteroatoms. The first-order chi connectivity index (χ1) is 9.75. The molecule has 0 saturated carbocycles. The number of rotatable bonds is 8. The first-order valence-electron chi connectivity index (χ1n) is 7.99. The van der Waals surface area contributed by atoms with Crippen LogP contribution in [0.4, 0.5) is 0 Å². The van der Waals surface area contributed by atoms with E-state index in [0.717, 1.165) is 31.2 Å². The minimum Gasteiger partial charge on any atom is -0.389 e. The first kappa shape index (κ1) is 16.3. The van der Waals surface area contributed by atoms with Crippen LogP contribution in [0.2, 0.25) is 0 Å². The summed E-state index contributed by atoms with van der Waals surface area (Å²) in [6.45, 7) is 5.19. The van der Waals surface area contributed by atoms with Gasteiger partial charge in [0.2, 0.25) is 0 Å². The zero-order valence-corrected chi connectivity index (χ0v) is 13.4. The maximum absolute atomic E-state index is 9.91. The zero-order chi connectivity index (χ0) is 14.2. The van der Waals surface area contributed by atoms with Crippen molar-refractivity contribution >= 4 is 11.8 Å². The third-order valence-electron chi connectivity index (χ3n) is 4.34. The molecule has 1 fully saturated rings. The Morgan fingerprint density at radius 2 is 2.25 bits per heavy atom. The van der Waals surface area contributed by atoms with Crippen molar-refractivity contribution < 1.29 is 9.84 Å². The van der Waals surface area contributed by atoms with Crippen LogP contribution in [0.3, 0.4) is 0 Å². The summed E-state index contributed by atoms with van der Waals surface area (Å²) in [6, 6.07) is 0. The molecular weight excluding hydrogens is 270 g/mol. The van der Waals surface area contributed by atoms with Crippen molar-refractivity contribution in [2.24, 2.45) is 11.8 Å². The van der Waals surface area contributed by atoms with Crippen LogP contribution in [0, 0.1) is 11.8 Å². The van der Waals surface area contributed by atoms with Gasteiger partial charge >= 0.3 is 0 Å². The largest absolute Gasteiger partial charge is 0.389 e. The van der Waals surface area contributed by atoms with Gasteiger partial charge in [0.1, 0.15) is 0 Å². The van der Waals surface area contributed by atoms with Gasteiger partial charge in [-0.05, 0) is 43.3 Å². The second kappa shape index (κ2) is 9.08. The van der Waals surface area contributed by atoms with Gasteiger partial charge in [0.05, 0.1) is 19.3 Å². The van der Waals surface area contributed by atoms with Crippen molar-refractivity contribution in [3.63, 3.8) is 0 Å². The number of hydrogen-bond acceptors (Lipinski definition) is 4. The third kappa shape index (κ3) is 5.76. The number of thioether (sulfide) groups is 1. The molecule has 3 nitrogen and oxygen atoms in total. The van der Waals surface area contributed by atoms with E-state index in [2.05, 4.69) is 24.4 Å². The molecular formula is C16H29NO2S. The summed E-state index contributed by atoms with van der Waals surface area (Å²) in [4.78, 5) is 0. The molecule has 0 spiro atoms. The van der Waals surface area contributed by atoms with Gasteiger partial charge in [0.15, 0.2) is 0 Å². The molecule has 4 atom stereocenters. The Kier molecular flexibility index (Phi) is 7.42. The van der Waals surface area contributed by atoms with E-state index in [4.69, 9.17) is 4.74 Å². The van der Waals surface area contributed by atoms with Crippen LogP contribution in [0.25, 0.3) is 0 Å². The molecule has 2 aliphatic rings. The Morgan fingerprint density at radius 3 is 3.00 bits per heavy atom. The molecule has 1 aliphatic heterocycles. The van der Waals surface area contributed by atoms with Crippen molar-refractivity contribution in [3.8, 4) is 0 Å². The summed E-state index contributed by atoms with van der Waals surface area (Å²) in [6.07, 6.45) is 9.09. The van der Waals surface area contributed by atoms with Gasteiger partial charge in [-0.2, -0.15) is 11.8 Å². The number of ether oxygens (including phenoxy) is 1. The molecule has 2 rings (SSSR count). The SMILES string of the molecule is CC1CC=CCC1COCC(O)CNCC1CCCS1. The van der Waals surface area contributed by atoms with E-state index in [0.29, 0.717) is 25.0 Å².